The summed E-state index contributed by atoms with van der Waals surface area (Å²) in [5.41, 5.74) is 0.553. The number of carbonyl (C=O) groups is 1. The van der Waals surface area contributed by atoms with Crippen LogP contribution in [0.15, 0.2) is 28.9 Å². The van der Waals surface area contributed by atoms with Crippen LogP contribution in [0, 0.1) is 11.6 Å². The molecular weight excluding hydrogens is 344 g/mol. The number of halogens is 2. The van der Waals surface area contributed by atoms with Gasteiger partial charge in [-0.2, -0.15) is 0 Å². The molecule has 0 saturated carbocycles. The number of ether oxygens (including phenoxy) is 1. The van der Waals surface area contributed by atoms with E-state index in [1.54, 1.807) is 7.11 Å². The predicted molar refractivity (Wildman–Crippen MR) is 91.5 cm³/mol. The van der Waals surface area contributed by atoms with Crippen LogP contribution >= 0.6 is 0 Å². The highest BCUT2D eigenvalue weighted by atomic mass is 19.1. The van der Waals surface area contributed by atoms with E-state index < -0.39 is 11.6 Å². The molecule has 6 nitrogen and oxygen atoms in total. The third kappa shape index (κ3) is 5.60. The average molecular weight is 367 g/mol. The highest BCUT2D eigenvalue weighted by molar-refractivity contribution is 5.91. The zero-order valence-corrected chi connectivity index (χ0v) is 15.1. The Balaban J connectivity index is 2.02. The summed E-state index contributed by atoms with van der Waals surface area (Å²) < 4.78 is 37.2. The van der Waals surface area contributed by atoms with Crippen molar-refractivity contribution in [1.82, 2.24) is 15.2 Å². The first kappa shape index (κ1) is 20.0. The number of nitrogens with one attached hydrogen (secondary N) is 1. The van der Waals surface area contributed by atoms with E-state index in [0.29, 0.717) is 31.2 Å². The molecule has 0 bridgehead atoms. The van der Waals surface area contributed by atoms with Gasteiger partial charge in [0.2, 0.25) is 5.89 Å². The van der Waals surface area contributed by atoms with Gasteiger partial charge in [0.25, 0.3) is 5.91 Å². The van der Waals surface area contributed by atoms with Gasteiger partial charge in [-0.25, -0.2) is 13.8 Å². The van der Waals surface area contributed by atoms with Crippen molar-refractivity contribution in [3.05, 3.63) is 53.2 Å². The Morgan fingerprint density at radius 3 is 2.77 bits per heavy atom. The zero-order valence-electron chi connectivity index (χ0n) is 15.1. The summed E-state index contributed by atoms with van der Waals surface area (Å²) in [5, 5.41) is 2.66. The Labute approximate surface area is 151 Å². The van der Waals surface area contributed by atoms with Crippen molar-refractivity contribution in [3.8, 4) is 0 Å². The van der Waals surface area contributed by atoms with Crippen LogP contribution in [0.3, 0.4) is 0 Å². The van der Waals surface area contributed by atoms with Gasteiger partial charge in [-0.15, -0.1) is 0 Å². The molecule has 0 unspecified atom stereocenters. The van der Waals surface area contributed by atoms with E-state index in [4.69, 9.17) is 9.15 Å². The second-order valence-corrected chi connectivity index (χ2v) is 6.11. The molecular formula is C18H23F2N3O3. The Morgan fingerprint density at radius 2 is 2.12 bits per heavy atom. The van der Waals surface area contributed by atoms with Crippen LogP contribution in [-0.2, 0) is 17.8 Å². The minimum absolute atomic E-state index is 0.0605. The first-order valence-corrected chi connectivity index (χ1v) is 8.30. The molecule has 0 aliphatic rings. The quantitative estimate of drug-likeness (QED) is 0.691. The molecule has 8 heteroatoms. The molecule has 2 rings (SSSR count). The number of carbonyl (C=O) groups excluding carboxylic acids is 1. The van der Waals surface area contributed by atoms with E-state index >= 15 is 0 Å². The van der Waals surface area contributed by atoms with Crippen molar-refractivity contribution in [1.29, 1.82) is 0 Å². The molecule has 1 amide bonds. The van der Waals surface area contributed by atoms with E-state index in [0.717, 1.165) is 6.07 Å². The molecule has 0 fully saturated rings. The molecule has 0 saturated heterocycles. The molecule has 1 N–H and O–H groups in total. The van der Waals surface area contributed by atoms with Gasteiger partial charge in [-0.05, 0) is 19.9 Å². The Bertz CT molecular complexity index is 734. The minimum atomic E-state index is -0.612. The number of aromatic nitrogens is 1. The standard InChI is InChI=1S/C18H23F2N3O3/c1-12(2)23(9-13-4-5-14(19)8-15(13)20)10-17-22-16(11-26-17)18(24)21-6-7-25-3/h4-5,8,11-12H,6-7,9-10H2,1-3H3,(H,21,24). The number of nitrogens with zero attached hydrogens (tertiary/aromatic N) is 2. The Hall–Kier alpha value is -2.32. The molecule has 0 aliphatic heterocycles. The summed E-state index contributed by atoms with van der Waals surface area (Å²) in [6, 6.07) is 3.57. The van der Waals surface area contributed by atoms with E-state index in [2.05, 4.69) is 10.3 Å². The molecule has 1 aromatic carbocycles. The van der Waals surface area contributed by atoms with Gasteiger partial charge in [0.05, 0.1) is 13.2 Å². The lowest BCUT2D eigenvalue weighted by Gasteiger charge is -2.25. The van der Waals surface area contributed by atoms with Crippen molar-refractivity contribution in [2.75, 3.05) is 20.3 Å². The van der Waals surface area contributed by atoms with Crippen LogP contribution in [0.4, 0.5) is 8.78 Å². The molecule has 0 atom stereocenters. The summed E-state index contributed by atoms with van der Waals surface area (Å²) in [7, 11) is 1.55. The van der Waals surface area contributed by atoms with Crippen LogP contribution in [-0.4, -0.2) is 42.1 Å². The third-order valence-electron chi connectivity index (χ3n) is 3.83. The van der Waals surface area contributed by atoms with Gasteiger partial charge < -0.3 is 14.5 Å². The fraction of sp³-hybridized carbons (Fsp3) is 0.444. The van der Waals surface area contributed by atoms with Crippen molar-refractivity contribution < 1.29 is 22.7 Å². The van der Waals surface area contributed by atoms with Crippen LogP contribution in [0.1, 0.15) is 35.8 Å². The fourth-order valence-corrected chi connectivity index (χ4v) is 2.31. The van der Waals surface area contributed by atoms with Gasteiger partial charge in [-0.1, -0.05) is 6.07 Å². The second kappa shape index (κ2) is 9.40. The van der Waals surface area contributed by atoms with Crippen LogP contribution in [0.5, 0.6) is 0 Å². The molecule has 142 valence electrons. The lowest BCUT2D eigenvalue weighted by atomic mass is 10.1. The van der Waals surface area contributed by atoms with E-state index in [1.165, 1.54) is 18.4 Å². The third-order valence-corrected chi connectivity index (χ3v) is 3.83. The lowest BCUT2D eigenvalue weighted by Crippen LogP contribution is -2.30. The van der Waals surface area contributed by atoms with Gasteiger partial charge >= 0.3 is 0 Å². The number of oxazole rings is 1. The summed E-state index contributed by atoms with van der Waals surface area (Å²) in [5.74, 6) is -1.21. The number of rotatable bonds is 9. The maximum atomic E-state index is 13.9. The SMILES string of the molecule is COCCNC(=O)c1coc(CN(Cc2ccc(F)cc2F)C(C)C)n1. The Kier molecular flexibility index (Phi) is 7.23. The van der Waals surface area contributed by atoms with Crippen molar-refractivity contribution in [2.24, 2.45) is 0 Å². The Morgan fingerprint density at radius 1 is 1.35 bits per heavy atom. The van der Waals surface area contributed by atoms with Crippen molar-refractivity contribution in [3.63, 3.8) is 0 Å². The fourth-order valence-electron chi connectivity index (χ4n) is 2.31. The summed E-state index contributed by atoms with van der Waals surface area (Å²) in [6.45, 7) is 5.23. The number of methoxy groups -OCH3 is 1. The highest BCUT2D eigenvalue weighted by Gasteiger charge is 2.18. The van der Waals surface area contributed by atoms with Crippen LogP contribution in [0.25, 0.3) is 0 Å². The topological polar surface area (TPSA) is 67.6 Å². The molecule has 1 aromatic heterocycles. The predicted octanol–water partition coefficient (Wildman–Crippen LogP) is 2.74. The lowest BCUT2D eigenvalue weighted by molar-refractivity contribution is 0.0932. The molecule has 0 spiro atoms. The van der Waals surface area contributed by atoms with E-state index in [-0.39, 0.29) is 24.2 Å². The van der Waals surface area contributed by atoms with Gasteiger partial charge in [-0.3, -0.25) is 9.69 Å². The number of benzene rings is 1. The second-order valence-electron chi connectivity index (χ2n) is 6.11. The first-order valence-electron chi connectivity index (χ1n) is 8.30. The van der Waals surface area contributed by atoms with Crippen LogP contribution in [0.2, 0.25) is 0 Å². The maximum absolute atomic E-state index is 13.9. The summed E-state index contributed by atoms with van der Waals surface area (Å²) in [6.07, 6.45) is 1.29. The molecule has 0 aliphatic carbocycles. The minimum Gasteiger partial charge on any atom is -0.447 e. The van der Waals surface area contributed by atoms with Crippen molar-refractivity contribution in [2.45, 2.75) is 33.0 Å². The smallest absolute Gasteiger partial charge is 0.273 e. The zero-order chi connectivity index (χ0) is 19.1. The molecule has 0 radical (unpaired) electrons. The highest BCUT2D eigenvalue weighted by Crippen LogP contribution is 2.16. The van der Waals surface area contributed by atoms with Gasteiger partial charge in [0, 0.05) is 37.9 Å². The van der Waals surface area contributed by atoms with Crippen LogP contribution < -0.4 is 5.32 Å². The molecule has 1 heterocycles. The molecule has 26 heavy (non-hydrogen) atoms. The maximum Gasteiger partial charge on any atom is 0.273 e. The number of amides is 1. The molecule has 2 aromatic rings. The average Bonchev–Trinajstić information content (AvgIpc) is 3.05. The largest absolute Gasteiger partial charge is 0.447 e. The summed E-state index contributed by atoms with van der Waals surface area (Å²) >= 11 is 0. The van der Waals surface area contributed by atoms with Gasteiger partial charge in [0.1, 0.15) is 17.9 Å². The normalized spacial score (nSPS) is 11.3. The summed E-state index contributed by atoms with van der Waals surface area (Å²) in [4.78, 5) is 18.0. The van der Waals surface area contributed by atoms with E-state index in [1.807, 2.05) is 18.7 Å². The van der Waals surface area contributed by atoms with Crippen molar-refractivity contribution >= 4 is 5.91 Å². The number of hydrogen-bond donors (Lipinski definition) is 1. The first-order chi connectivity index (χ1) is 12.4. The number of hydrogen-bond acceptors (Lipinski definition) is 5. The monoisotopic (exact) mass is 367 g/mol. The van der Waals surface area contributed by atoms with Gasteiger partial charge in [0.15, 0.2) is 5.69 Å². The van der Waals surface area contributed by atoms with E-state index in [9.17, 15) is 13.6 Å².